The normalized spacial score (nSPS) is 14.2. The third-order valence-corrected chi connectivity index (χ3v) is 9.41. The summed E-state index contributed by atoms with van der Waals surface area (Å²) in [6.07, 6.45) is 4.33. The Bertz CT molecular complexity index is 1690. The van der Waals surface area contributed by atoms with E-state index in [-0.39, 0.29) is 5.41 Å². The number of nitrogens with zero attached hydrogens (tertiary/aromatic N) is 1. The Balaban J connectivity index is 1.44. The number of aromatic nitrogens is 1. The predicted molar refractivity (Wildman–Crippen MR) is 179 cm³/mol. The molecule has 0 saturated heterocycles. The van der Waals surface area contributed by atoms with E-state index in [0.717, 1.165) is 28.5 Å². The third kappa shape index (κ3) is 6.12. The molecule has 220 valence electrons. The lowest BCUT2D eigenvalue weighted by atomic mass is 9.87. The van der Waals surface area contributed by atoms with Crippen LogP contribution >= 0.6 is 11.3 Å². The monoisotopic (exact) mass is 588 g/mol. The van der Waals surface area contributed by atoms with Crippen molar-refractivity contribution in [2.75, 3.05) is 13.2 Å². The molecule has 0 aliphatic carbocycles. The maximum absolute atomic E-state index is 6.68. The second kappa shape index (κ2) is 12.0. The predicted octanol–water partition coefficient (Wildman–Crippen LogP) is 10.1. The summed E-state index contributed by atoms with van der Waals surface area (Å²) in [5.74, 6) is 2.56. The summed E-state index contributed by atoms with van der Waals surface area (Å²) in [7, 11) is 0. The summed E-state index contributed by atoms with van der Waals surface area (Å²) in [5.41, 5.74) is 8.78. The fraction of sp³-hybridized carbons (Fsp3) is 0.308. The smallest absolute Gasteiger partial charge is 0.180 e. The van der Waals surface area contributed by atoms with E-state index in [0.29, 0.717) is 25.0 Å². The van der Waals surface area contributed by atoms with Crippen LogP contribution < -0.4 is 14.0 Å². The molecule has 0 fully saturated rings. The van der Waals surface area contributed by atoms with Crippen molar-refractivity contribution in [1.29, 1.82) is 0 Å². The molecule has 1 aliphatic heterocycles. The highest BCUT2D eigenvalue weighted by Crippen LogP contribution is 2.56. The number of rotatable bonds is 7. The minimum atomic E-state index is -0.0787. The lowest BCUT2D eigenvalue weighted by Crippen LogP contribution is -2.32. The molecule has 0 spiro atoms. The van der Waals surface area contributed by atoms with Crippen LogP contribution in [0.25, 0.3) is 32.0 Å². The number of ether oxygens (including phenoxy) is 2. The van der Waals surface area contributed by atoms with Crippen LogP contribution in [0.4, 0.5) is 0 Å². The summed E-state index contributed by atoms with van der Waals surface area (Å²) < 4.78 is 15.6. The molecular formula is C39H42NO2S+. The quantitative estimate of drug-likeness (QED) is 0.177. The van der Waals surface area contributed by atoms with Gasteiger partial charge in [0, 0.05) is 28.7 Å². The van der Waals surface area contributed by atoms with Gasteiger partial charge in [0.15, 0.2) is 30.4 Å². The number of fused-ring (bicyclic) bond motifs is 1. The number of pyridine rings is 1. The molecule has 0 unspecified atom stereocenters. The average molecular weight is 589 g/mol. The van der Waals surface area contributed by atoms with Gasteiger partial charge in [0.25, 0.3) is 0 Å². The van der Waals surface area contributed by atoms with Gasteiger partial charge in [-0.25, -0.2) is 4.57 Å². The van der Waals surface area contributed by atoms with Gasteiger partial charge in [0.1, 0.15) is 0 Å². The molecular weight excluding hydrogens is 547 g/mol. The number of hydrogen-bond acceptors (Lipinski definition) is 3. The first-order valence-corrected chi connectivity index (χ1v) is 16.2. The minimum absolute atomic E-state index is 0.0787. The van der Waals surface area contributed by atoms with Crippen molar-refractivity contribution in [2.24, 2.45) is 5.41 Å². The zero-order valence-electron chi connectivity index (χ0n) is 26.2. The molecule has 0 bridgehead atoms. The number of hydrogen-bond donors (Lipinski definition) is 0. The highest BCUT2D eigenvalue weighted by atomic mass is 32.1. The second-order valence-corrected chi connectivity index (χ2v) is 14.1. The maximum Gasteiger partial charge on any atom is 0.180 e. The molecule has 1 aliphatic rings. The lowest BCUT2D eigenvalue weighted by molar-refractivity contribution is -0.688. The van der Waals surface area contributed by atoms with Crippen molar-refractivity contribution in [3.05, 3.63) is 114 Å². The fourth-order valence-electron chi connectivity index (χ4n) is 5.80. The first kappa shape index (κ1) is 29.2. The molecule has 0 amide bonds. The van der Waals surface area contributed by atoms with Crippen LogP contribution in [0.1, 0.15) is 70.1 Å². The van der Waals surface area contributed by atoms with Crippen LogP contribution in [0.15, 0.2) is 97.3 Å². The molecule has 0 radical (unpaired) electrons. The molecule has 3 nitrogen and oxygen atoms in total. The van der Waals surface area contributed by atoms with E-state index in [4.69, 9.17) is 9.47 Å². The van der Waals surface area contributed by atoms with Crippen molar-refractivity contribution in [2.45, 2.75) is 59.9 Å². The number of benzene rings is 3. The molecule has 3 aromatic carbocycles. The SMILES string of the molecule is CC(C)c1cccc(C(C)C)c1-c1sc(-c2cccc(-c3cc[n+](Cc4ccccc4)cc3)c2)c2c1OCC(C)(C)CO2. The summed E-state index contributed by atoms with van der Waals surface area (Å²) in [4.78, 5) is 2.32. The topological polar surface area (TPSA) is 22.3 Å². The second-order valence-electron chi connectivity index (χ2n) is 13.1. The van der Waals surface area contributed by atoms with Crippen LogP contribution in [0.5, 0.6) is 11.5 Å². The molecule has 5 aromatic rings. The highest BCUT2D eigenvalue weighted by molar-refractivity contribution is 7.19. The van der Waals surface area contributed by atoms with Gasteiger partial charge in [0.05, 0.1) is 23.0 Å². The third-order valence-electron chi connectivity index (χ3n) is 8.19. The van der Waals surface area contributed by atoms with Gasteiger partial charge in [-0.3, -0.25) is 0 Å². The van der Waals surface area contributed by atoms with E-state index < -0.39 is 0 Å². The van der Waals surface area contributed by atoms with Gasteiger partial charge in [-0.2, -0.15) is 0 Å². The Morgan fingerprint density at radius 2 is 1.26 bits per heavy atom. The van der Waals surface area contributed by atoms with Crippen molar-refractivity contribution in [3.8, 4) is 43.5 Å². The van der Waals surface area contributed by atoms with E-state index in [1.54, 1.807) is 0 Å². The Hall–Kier alpha value is -3.89. The van der Waals surface area contributed by atoms with E-state index in [9.17, 15) is 0 Å². The number of thiophene rings is 1. The first-order valence-electron chi connectivity index (χ1n) is 15.4. The maximum atomic E-state index is 6.68. The molecule has 0 saturated carbocycles. The first-order chi connectivity index (χ1) is 20.7. The largest absolute Gasteiger partial charge is 0.487 e. The van der Waals surface area contributed by atoms with Crippen LogP contribution in [0, 0.1) is 5.41 Å². The molecule has 0 atom stereocenters. The summed E-state index contributed by atoms with van der Waals surface area (Å²) in [5, 5.41) is 0. The summed E-state index contributed by atoms with van der Waals surface area (Å²) in [6, 6.07) is 30.6. The zero-order chi connectivity index (χ0) is 30.1. The van der Waals surface area contributed by atoms with Gasteiger partial charge < -0.3 is 9.47 Å². The van der Waals surface area contributed by atoms with Crippen LogP contribution in [0.3, 0.4) is 0 Å². The van der Waals surface area contributed by atoms with Crippen molar-refractivity contribution in [3.63, 3.8) is 0 Å². The molecule has 3 heterocycles. The van der Waals surface area contributed by atoms with Crippen LogP contribution in [-0.4, -0.2) is 13.2 Å². The van der Waals surface area contributed by atoms with Crippen molar-refractivity contribution >= 4 is 11.3 Å². The molecule has 6 rings (SSSR count). The van der Waals surface area contributed by atoms with Gasteiger partial charge in [-0.1, -0.05) is 108 Å². The minimum Gasteiger partial charge on any atom is -0.487 e. The highest BCUT2D eigenvalue weighted by Gasteiger charge is 2.33. The average Bonchev–Trinajstić information content (AvgIpc) is 3.29. The molecule has 0 N–H and O–H groups in total. The Kier molecular flexibility index (Phi) is 8.15. The van der Waals surface area contributed by atoms with E-state index in [1.165, 1.54) is 38.3 Å². The Morgan fingerprint density at radius 3 is 1.88 bits per heavy atom. The Labute approximate surface area is 260 Å². The van der Waals surface area contributed by atoms with E-state index in [1.807, 2.05) is 11.3 Å². The van der Waals surface area contributed by atoms with E-state index in [2.05, 4.69) is 143 Å². The zero-order valence-corrected chi connectivity index (χ0v) is 27.0. The van der Waals surface area contributed by atoms with Crippen LogP contribution in [-0.2, 0) is 6.54 Å². The Morgan fingerprint density at radius 1 is 0.674 bits per heavy atom. The van der Waals surface area contributed by atoms with Gasteiger partial charge in [-0.05, 0) is 45.7 Å². The standard InChI is InChI=1S/C39H42NO2S/c1-26(2)32-16-11-17-33(27(3)4)34(32)38-36-35(41-24-39(5,6)25-42-36)37(43-38)31-15-10-14-30(22-31)29-18-20-40(21-19-29)23-28-12-8-7-9-13-28/h7-22,26-27H,23-25H2,1-6H3/q+1. The van der Waals surface area contributed by atoms with Gasteiger partial charge >= 0.3 is 0 Å². The van der Waals surface area contributed by atoms with E-state index >= 15 is 0 Å². The molecule has 2 aromatic heterocycles. The summed E-state index contributed by atoms with van der Waals surface area (Å²) in [6.45, 7) is 15.6. The fourth-order valence-corrected chi connectivity index (χ4v) is 7.07. The van der Waals surface area contributed by atoms with Gasteiger partial charge in [-0.15, -0.1) is 11.3 Å². The summed E-state index contributed by atoms with van der Waals surface area (Å²) >= 11 is 1.81. The van der Waals surface area contributed by atoms with Crippen LogP contribution in [0.2, 0.25) is 0 Å². The van der Waals surface area contributed by atoms with Gasteiger partial charge in [0.2, 0.25) is 0 Å². The molecule has 43 heavy (non-hydrogen) atoms. The van der Waals surface area contributed by atoms with Crippen molar-refractivity contribution in [1.82, 2.24) is 0 Å². The lowest BCUT2D eigenvalue weighted by Gasteiger charge is -2.22. The van der Waals surface area contributed by atoms with Crippen molar-refractivity contribution < 1.29 is 14.0 Å². The molecule has 4 heteroatoms.